The van der Waals surface area contributed by atoms with Crippen molar-refractivity contribution in [2.24, 2.45) is 17.8 Å². The van der Waals surface area contributed by atoms with E-state index in [-0.39, 0.29) is 13.0 Å². The Balaban J connectivity index is 2.02. The van der Waals surface area contributed by atoms with Crippen molar-refractivity contribution >= 4 is 29.8 Å². The van der Waals surface area contributed by atoms with E-state index in [1.807, 2.05) is 0 Å². The molecule has 3 amide bonds. The predicted molar refractivity (Wildman–Crippen MR) is 117 cm³/mol. The minimum atomic E-state index is -1.65. The number of amides is 3. The number of aliphatic hydroxyl groups excluding tert-OH is 1. The second-order valence-corrected chi connectivity index (χ2v) is 9.33. The lowest BCUT2D eigenvalue weighted by molar-refractivity contribution is -0.156. The second-order valence-electron chi connectivity index (χ2n) is 9.33. The monoisotopic (exact) mass is 483 g/mol. The molecule has 0 aromatic carbocycles. The number of nitrogens with one attached hydrogen (secondary N) is 3. The minimum Gasteiger partial charge on any atom is -0.464 e. The van der Waals surface area contributed by atoms with Gasteiger partial charge in [-0.25, -0.2) is 9.59 Å². The Morgan fingerprint density at radius 2 is 1.88 bits per heavy atom. The zero-order valence-electron chi connectivity index (χ0n) is 20.0. The van der Waals surface area contributed by atoms with E-state index in [1.165, 1.54) is 6.92 Å². The van der Waals surface area contributed by atoms with Crippen LogP contribution in [0.4, 0.5) is 4.79 Å². The number of ether oxygens (including phenoxy) is 3. The zero-order valence-corrected chi connectivity index (χ0v) is 20.0. The number of esters is 2. The molecule has 2 rings (SSSR count). The van der Waals surface area contributed by atoms with E-state index in [0.717, 1.165) is 6.26 Å². The SMILES string of the molecule is C=COC(=O)[C@H]1[C@H]2[C@@H]1[C@@](NC(=O)CNC(=O)C(C)NC(=O)OC(C)(C)C)(C(=O)OCC)C[C@@H]2O. The summed E-state index contributed by atoms with van der Waals surface area (Å²) in [5, 5.41) is 17.7. The van der Waals surface area contributed by atoms with Gasteiger partial charge in [0.1, 0.15) is 17.2 Å². The van der Waals surface area contributed by atoms with E-state index in [2.05, 4.69) is 22.5 Å². The summed E-state index contributed by atoms with van der Waals surface area (Å²) in [6.45, 7) is 10.9. The van der Waals surface area contributed by atoms with Gasteiger partial charge in [0.25, 0.3) is 0 Å². The van der Waals surface area contributed by atoms with Gasteiger partial charge in [0, 0.05) is 18.3 Å². The van der Waals surface area contributed by atoms with Crippen LogP contribution in [0.15, 0.2) is 12.8 Å². The molecule has 190 valence electrons. The van der Waals surface area contributed by atoms with Gasteiger partial charge >= 0.3 is 18.0 Å². The van der Waals surface area contributed by atoms with Crippen LogP contribution in [0.25, 0.3) is 0 Å². The third-order valence-electron chi connectivity index (χ3n) is 5.64. The van der Waals surface area contributed by atoms with E-state index in [1.54, 1.807) is 27.7 Å². The lowest BCUT2D eigenvalue weighted by atomic mass is 9.89. The fourth-order valence-corrected chi connectivity index (χ4v) is 4.34. The topological polar surface area (TPSA) is 169 Å². The predicted octanol–water partition coefficient (Wildman–Crippen LogP) is -0.253. The number of hydrogen-bond acceptors (Lipinski definition) is 9. The van der Waals surface area contributed by atoms with Crippen LogP contribution >= 0.6 is 0 Å². The summed E-state index contributed by atoms with van der Waals surface area (Å²) in [5.74, 6) is -4.95. The Labute approximate surface area is 197 Å². The van der Waals surface area contributed by atoms with Gasteiger partial charge < -0.3 is 35.3 Å². The van der Waals surface area contributed by atoms with Crippen LogP contribution in [0.3, 0.4) is 0 Å². The molecule has 0 heterocycles. The lowest BCUT2D eigenvalue weighted by Crippen LogP contribution is -2.59. The summed E-state index contributed by atoms with van der Waals surface area (Å²) in [6, 6.07) is -0.999. The van der Waals surface area contributed by atoms with Gasteiger partial charge in [0.2, 0.25) is 11.8 Å². The molecule has 0 aliphatic heterocycles. The number of hydrogen-bond donors (Lipinski definition) is 4. The molecule has 2 aliphatic carbocycles. The molecule has 1 unspecified atom stereocenters. The molecule has 2 saturated carbocycles. The molecule has 0 bridgehead atoms. The van der Waals surface area contributed by atoms with Gasteiger partial charge in [0.15, 0.2) is 0 Å². The van der Waals surface area contributed by atoms with Crippen molar-refractivity contribution in [2.45, 2.75) is 64.3 Å². The van der Waals surface area contributed by atoms with Crippen molar-refractivity contribution in [3.8, 4) is 0 Å². The Bertz CT molecular complexity index is 853. The van der Waals surface area contributed by atoms with Gasteiger partial charge in [-0.2, -0.15) is 0 Å². The van der Waals surface area contributed by atoms with Crippen LogP contribution in [-0.2, 0) is 33.4 Å². The summed E-state index contributed by atoms with van der Waals surface area (Å²) < 4.78 is 15.0. The van der Waals surface area contributed by atoms with Crippen molar-refractivity contribution in [3.63, 3.8) is 0 Å². The smallest absolute Gasteiger partial charge is 0.408 e. The molecule has 34 heavy (non-hydrogen) atoms. The van der Waals surface area contributed by atoms with E-state index < -0.39 is 77.4 Å². The average Bonchev–Trinajstić information content (AvgIpc) is 3.40. The first-order chi connectivity index (χ1) is 15.8. The van der Waals surface area contributed by atoms with Gasteiger partial charge in [-0.3, -0.25) is 14.4 Å². The van der Waals surface area contributed by atoms with Gasteiger partial charge in [-0.05, 0) is 34.6 Å². The van der Waals surface area contributed by atoms with Crippen molar-refractivity contribution in [3.05, 3.63) is 12.8 Å². The van der Waals surface area contributed by atoms with E-state index in [9.17, 15) is 29.1 Å². The third kappa shape index (κ3) is 6.04. The Morgan fingerprint density at radius 3 is 2.44 bits per heavy atom. The summed E-state index contributed by atoms with van der Waals surface area (Å²) in [7, 11) is 0. The first-order valence-corrected chi connectivity index (χ1v) is 11.0. The molecule has 2 aliphatic rings. The lowest BCUT2D eigenvalue weighted by Gasteiger charge is -2.31. The zero-order chi connectivity index (χ0) is 25.8. The fourth-order valence-electron chi connectivity index (χ4n) is 4.34. The summed E-state index contributed by atoms with van der Waals surface area (Å²) in [4.78, 5) is 61.8. The molecule has 12 nitrogen and oxygen atoms in total. The molecule has 0 radical (unpaired) electrons. The summed E-state index contributed by atoms with van der Waals surface area (Å²) >= 11 is 0. The average molecular weight is 484 g/mol. The van der Waals surface area contributed by atoms with Crippen LogP contribution in [0.1, 0.15) is 41.0 Å². The molecule has 4 N–H and O–H groups in total. The normalized spacial score (nSPS) is 27.9. The highest BCUT2D eigenvalue weighted by molar-refractivity contribution is 5.94. The molecule has 12 heteroatoms. The molecule has 0 aromatic rings. The maximum atomic E-state index is 12.8. The van der Waals surface area contributed by atoms with Crippen molar-refractivity contribution < 1.29 is 43.3 Å². The molecule has 0 saturated heterocycles. The second kappa shape index (κ2) is 10.4. The highest BCUT2D eigenvalue weighted by Crippen LogP contribution is 2.63. The summed E-state index contributed by atoms with van der Waals surface area (Å²) in [6.07, 6.45) is -1.02. The van der Waals surface area contributed by atoms with Crippen LogP contribution in [-0.4, -0.2) is 71.4 Å². The van der Waals surface area contributed by atoms with Crippen molar-refractivity contribution in [1.29, 1.82) is 0 Å². The molecular weight excluding hydrogens is 450 g/mol. The highest BCUT2D eigenvalue weighted by Gasteiger charge is 2.76. The Morgan fingerprint density at radius 1 is 1.24 bits per heavy atom. The number of carbonyl (C=O) groups excluding carboxylic acids is 5. The molecule has 2 fully saturated rings. The summed E-state index contributed by atoms with van der Waals surface area (Å²) in [5.41, 5.74) is -2.39. The van der Waals surface area contributed by atoms with Crippen LogP contribution in [0, 0.1) is 17.8 Å². The maximum absolute atomic E-state index is 12.8. The number of alkyl carbamates (subject to hydrolysis) is 1. The molecule has 0 spiro atoms. The van der Waals surface area contributed by atoms with Crippen molar-refractivity contribution in [1.82, 2.24) is 16.0 Å². The van der Waals surface area contributed by atoms with Crippen molar-refractivity contribution in [2.75, 3.05) is 13.2 Å². The standard InChI is InChI=1S/C22H33N3O9/c1-7-32-18(29)15-14-12(26)9-22(16(14)15,19(30)33-8-2)25-13(27)10-23-17(28)11(3)24-20(31)34-21(4,5)6/h7,11-12,14-16,26H,1,8-10H2,2-6H3,(H,23,28)(H,24,31)(H,25,27)/t11?,12-,14-,15-,16-,22+/m0/s1. The Kier molecular flexibility index (Phi) is 8.30. The first kappa shape index (κ1) is 27.1. The Hall–Kier alpha value is -3.15. The molecule has 6 atom stereocenters. The number of rotatable bonds is 9. The highest BCUT2D eigenvalue weighted by atomic mass is 16.6. The van der Waals surface area contributed by atoms with E-state index in [0.29, 0.717) is 0 Å². The van der Waals surface area contributed by atoms with Gasteiger partial charge in [-0.1, -0.05) is 6.58 Å². The van der Waals surface area contributed by atoms with Crippen LogP contribution in [0.2, 0.25) is 0 Å². The molecule has 0 aromatic heterocycles. The van der Waals surface area contributed by atoms with E-state index in [4.69, 9.17) is 14.2 Å². The fraction of sp³-hybridized carbons (Fsp3) is 0.682. The third-order valence-corrected chi connectivity index (χ3v) is 5.64. The molecular formula is C22H33N3O9. The number of fused-ring (bicyclic) bond motifs is 1. The van der Waals surface area contributed by atoms with Gasteiger partial charge in [0.05, 0.1) is 31.4 Å². The number of aliphatic hydroxyl groups is 1. The first-order valence-electron chi connectivity index (χ1n) is 11.0. The van der Waals surface area contributed by atoms with Gasteiger partial charge in [-0.15, -0.1) is 0 Å². The largest absolute Gasteiger partial charge is 0.464 e. The van der Waals surface area contributed by atoms with Crippen LogP contribution in [0.5, 0.6) is 0 Å². The minimum absolute atomic E-state index is 0.0241. The maximum Gasteiger partial charge on any atom is 0.408 e. The quantitative estimate of drug-likeness (QED) is 0.196. The number of carbonyl (C=O) groups is 5. The van der Waals surface area contributed by atoms with Crippen LogP contribution < -0.4 is 16.0 Å². The van der Waals surface area contributed by atoms with E-state index >= 15 is 0 Å².